The van der Waals surface area contributed by atoms with Crippen LogP contribution in [0.3, 0.4) is 0 Å². The summed E-state index contributed by atoms with van der Waals surface area (Å²) in [5, 5.41) is 0. The molecule has 0 saturated carbocycles. The van der Waals surface area contributed by atoms with Crippen molar-refractivity contribution in [3.63, 3.8) is 0 Å². The molecule has 2 unspecified atom stereocenters. The van der Waals surface area contributed by atoms with Gasteiger partial charge in [0, 0.05) is 12.1 Å². The van der Waals surface area contributed by atoms with Crippen molar-refractivity contribution >= 4 is 10.1 Å². The van der Waals surface area contributed by atoms with Gasteiger partial charge in [-0.05, 0) is 6.92 Å². The van der Waals surface area contributed by atoms with E-state index in [1.807, 2.05) is 0 Å². The summed E-state index contributed by atoms with van der Waals surface area (Å²) in [5.41, 5.74) is 10.5. The molecule has 0 bridgehead atoms. The van der Waals surface area contributed by atoms with E-state index in [2.05, 4.69) is 0 Å². The van der Waals surface area contributed by atoms with Crippen LogP contribution in [0.4, 0.5) is 0 Å². The third-order valence-corrected chi connectivity index (χ3v) is 1.88. The van der Waals surface area contributed by atoms with E-state index in [4.69, 9.17) is 16.0 Å². The van der Waals surface area contributed by atoms with Gasteiger partial charge in [-0.25, -0.2) is 0 Å². The Kier molecular flexibility index (Phi) is 7.14. The van der Waals surface area contributed by atoms with E-state index in [-0.39, 0.29) is 31.0 Å². The van der Waals surface area contributed by atoms with Gasteiger partial charge in [-0.1, -0.05) is 0 Å². The van der Waals surface area contributed by atoms with E-state index in [0.29, 0.717) is 0 Å². The molecule has 0 aliphatic heterocycles. The molecule has 0 aromatic rings. The molecule has 0 aromatic carbocycles. The van der Waals surface area contributed by atoms with Crippen molar-refractivity contribution in [1.29, 1.82) is 0 Å². The van der Waals surface area contributed by atoms with Crippen LogP contribution >= 0.6 is 0 Å². The van der Waals surface area contributed by atoms with Gasteiger partial charge < -0.3 is 12.9 Å². The van der Waals surface area contributed by atoms with Crippen LogP contribution in [0, 0.1) is 0 Å². The predicted molar refractivity (Wildman–Crippen MR) is 39.2 cm³/mol. The van der Waals surface area contributed by atoms with Gasteiger partial charge in [0.15, 0.2) is 0 Å². The maximum atomic E-state index is 10.2. The van der Waals surface area contributed by atoms with Crippen LogP contribution in [0.25, 0.3) is 0 Å². The van der Waals surface area contributed by atoms with Crippen molar-refractivity contribution in [2.24, 2.45) is 11.5 Å². The zero-order valence-electron chi connectivity index (χ0n) is 7.69. The van der Waals surface area contributed by atoms with Gasteiger partial charge in [-0.2, -0.15) is 8.42 Å². The van der Waals surface area contributed by atoms with Gasteiger partial charge >= 0.3 is 29.6 Å². The summed E-state index contributed by atoms with van der Waals surface area (Å²) in [5.74, 6) is -0.481. The third kappa shape index (κ3) is 8.74. The average Bonchev–Trinajstić information content (AvgIpc) is 1.60. The summed E-state index contributed by atoms with van der Waals surface area (Å²) in [6.45, 7) is 1.58. The van der Waals surface area contributed by atoms with E-state index in [9.17, 15) is 8.42 Å². The summed E-state index contributed by atoms with van der Waals surface area (Å²) in [7, 11) is -3.97. The molecule has 5 nitrogen and oxygen atoms in total. The van der Waals surface area contributed by atoms with Gasteiger partial charge in [-0.3, -0.25) is 4.55 Å². The normalized spacial score (nSPS) is 16.7. The van der Waals surface area contributed by atoms with Crippen molar-refractivity contribution in [3.05, 3.63) is 0 Å². The van der Waals surface area contributed by atoms with Crippen molar-refractivity contribution in [2.75, 3.05) is 5.75 Å². The van der Waals surface area contributed by atoms with E-state index >= 15 is 0 Å². The average molecular weight is 192 g/mol. The zero-order chi connectivity index (χ0) is 8.36. The fourth-order valence-electron chi connectivity index (χ4n) is 0.395. The molecule has 0 amide bonds. The topological polar surface area (TPSA) is 106 Å². The molecule has 0 aliphatic carbocycles. The first-order chi connectivity index (χ1) is 4.33. The Morgan fingerprint density at radius 2 is 1.91 bits per heavy atom. The molecule has 7 heteroatoms. The summed E-state index contributed by atoms with van der Waals surface area (Å²) >= 11 is 0. The molecular weight excluding hydrogens is 179 g/mol. The summed E-state index contributed by atoms with van der Waals surface area (Å²) in [6.07, 6.45) is 0. The SMILES string of the molecule is CC(N)C(N)CS(=O)(=O)O.[H-].[Na+]. The second-order valence-corrected chi connectivity index (χ2v) is 3.77. The van der Waals surface area contributed by atoms with E-state index in [1.165, 1.54) is 0 Å². The molecule has 64 valence electrons. The van der Waals surface area contributed by atoms with Crippen molar-refractivity contribution in [2.45, 2.75) is 19.0 Å². The van der Waals surface area contributed by atoms with Crippen LogP contribution in [-0.4, -0.2) is 30.8 Å². The minimum absolute atomic E-state index is 0. The van der Waals surface area contributed by atoms with Gasteiger partial charge in [-0.15, -0.1) is 0 Å². The summed E-state index contributed by atoms with van der Waals surface area (Å²) in [6, 6.07) is -1.13. The van der Waals surface area contributed by atoms with Crippen LogP contribution in [0.15, 0.2) is 0 Å². The van der Waals surface area contributed by atoms with E-state index in [0.717, 1.165) is 0 Å². The Bertz CT molecular complexity index is 196. The first-order valence-corrected chi connectivity index (χ1v) is 4.40. The molecule has 0 rings (SSSR count). The smallest absolute Gasteiger partial charge is 1.00 e. The molecule has 0 heterocycles. The molecule has 0 spiro atoms. The van der Waals surface area contributed by atoms with Gasteiger partial charge in [0.05, 0.1) is 5.75 Å². The molecule has 5 N–H and O–H groups in total. The minimum Gasteiger partial charge on any atom is -1.00 e. The molecular formula is C4H13N2NaO3S. The monoisotopic (exact) mass is 192 g/mol. The fourth-order valence-corrected chi connectivity index (χ4v) is 1.18. The van der Waals surface area contributed by atoms with Gasteiger partial charge in [0.2, 0.25) is 0 Å². The Hall–Kier alpha value is 0.830. The molecule has 0 radical (unpaired) electrons. The molecule has 0 fully saturated rings. The first kappa shape index (κ1) is 14.4. The minimum atomic E-state index is -3.97. The quantitative estimate of drug-likeness (QED) is 0.309. The van der Waals surface area contributed by atoms with Crippen molar-refractivity contribution < 1.29 is 44.0 Å². The van der Waals surface area contributed by atoms with Gasteiger partial charge in [0.25, 0.3) is 10.1 Å². The molecule has 0 aromatic heterocycles. The molecule has 0 aliphatic rings. The standard InChI is InChI=1S/C4H12N2O3S.Na.H/c1-3(5)4(6)2-10(7,8)9;;/h3-4H,2,5-6H2,1H3,(H,7,8,9);;/q;+1;-1. The van der Waals surface area contributed by atoms with Crippen LogP contribution in [0.1, 0.15) is 8.35 Å². The van der Waals surface area contributed by atoms with Crippen LogP contribution in [0.5, 0.6) is 0 Å². The summed E-state index contributed by atoms with van der Waals surface area (Å²) < 4.78 is 28.6. The Labute approximate surface area is 90.0 Å². The zero-order valence-corrected chi connectivity index (χ0v) is 9.50. The van der Waals surface area contributed by atoms with Crippen molar-refractivity contribution in [3.8, 4) is 0 Å². The second-order valence-electron chi connectivity index (χ2n) is 2.27. The van der Waals surface area contributed by atoms with Gasteiger partial charge in [0.1, 0.15) is 0 Å². The molecule has 0 saturated heterocycles. The number of hydrogen-bond acceptors (Lipinski definition) is 4. The van der Waals surface area contributed by atoms with Crippen LogP contribution < -0.4 is 41.0 Å². The van der Waals surface area contributed by atoms with Crippen molar-refractivity contribution in [1.82, 2.24) is 0 Å². The maximum Gasteiger partial charge on any atom is 1.00 e. The number of hydrogen-bond donors (Lipinski definition) is 3. The van der Waals surface area contributed by atoms with Crippen LogP contribution in [0.2, 0.25) is 0 Å². The number of rotatable bonds is 3. The Balaban J connectivity index is -0.000000405. The van der Waals surface area contributed by atoms with E-state index < -0.39 is 28.0 Å². The second kappa shape index (κ2) is 5.47. The maximum absolute atomic E-state index is 10.2. The third-order valence-electron chi connectivity index (χ3n) is 1.08. The Morgan fingerprint density at radius 1 is 1.55 bits per heavy atom. The molecule has 2 atom stereocenters. The summed E-state index contributed by atoms with van der Waals surface area (Å²) in [4.78, 5) is 0. The largest absolute Gasteiger partial charge is 1.00 e. The predicted octanol–water partition coefficient (Wildman–Crippen LogP) is -4.33. The number of nitrogens with two attached hydrogens (primary N) is 2. The first-order valence-electron chi connectivity index (χ1n) is 2.79. The van der Waals surface area contributed by atoms with Crippen LogP contribution in [-0.2, 0) is 10.1 Å². The fraction of sp³-hybridized carbons (Fsp3) is 1.00. The Morgan fingerprint density at radius 3 is 2.00 bits per heavy atom. The molecule has 11 heavy (non-hydrogen) atoms. The van der Waals surface area contributed by atoms with E-state index in [1.54, 1.807) is 6.92 Å².